The zero-order chi connectivity index (χ0) is 20.1. The van der Waals surface area contributed by atoms with E-state index in [0.717, 1.165) is 12.1 Å². The van der Waals surface area contributed by atoms with Crippen molar-refractivity contribution in [1.82, 2.24) is 10.2 Å². The number of hydrogen-bond donors (Lipinski definition) is 2. The van der Waals surface area contributed by atoms with Crippen LogP contribution in [-0.2, 0) is 4.79 Å². The second-order valence-corrected chi connectivity index (χ2v) is 7.35. The van der Waals surface area contributed by atoms with Gasteiger partial charge in [-0.3, -0.25) is 19.3 Å². The molecule has 2 N–H and O–H groups in total. The van der Waals surface area contributed by atoms with Crippen LogP contribution in [0.2, 0.25) is 0 Å². The van der Waals surface area contributed by atoms with Gasteiger partial charge >= 0.3 is 0 Å². The summed E-state index contributed by atoms with van der Waals surface area (Å²) in [5, 5.41) is 3.08. The Morgan fingerprint density at radius 2 is 1.54 bits per heavy atom. The molecule has 1 aliphatic heterocycles. The molecule has 0 spiro atoms. The van der Waals surface area contributed by atoms with E-state index in [1.165, 1.54) is 9.80 Å². The van der Waals surface area contributed by atoms with Gasteiger partial charge in [0, 0.05) is 13.0 Å². The molecule has 0 bridgehead atoms. The Morgan fingerprint density at radius 1 is 0.964 bits per heavy atom. The largest absolute Gasteiger partial charge is 0.344 e. The first-order valence-electron chi connectivity index (χ1n) is 9.56. The van der Waals surface area contributed by atoms with Crippen molar-refractivity contribution in [2.45, 2.75) is 18.9 Å². The SMILES string of the molecule is C[NH+](C)C[C@@H](NC(=O)CCCN1C(=O)c2ccccc2C1=O)c1ccccc1. The van der Waals surface area contributed by atoms with Gasteiger partial charge in [0.25, 0.3) is 11.8 Å². The molecule has 1 atom stereocenters. The van der Waals surface area contributed by atoms with Crippen molar-refractivity contribution in [2.24, 2.45) is 0 Å². The Hall–Kier alpha value is -2.99. The van der Waals surface area contributed by atoms with Crippen LogP contribution in [0.1, 0.15) is 45.2 Å². The number of amides is 3. The summed E-state index contributed by atoms with van der Waals surface area (Å²) in [5.41, 5.74) is 1.95. The summed E-state index contributed by atoms with van der Waals surface area (Å²) in [6.45, 7) is 1.02. The van der Waals surface area contributed by atoms with Crippen LogP contribution in [0.3, 0.4) is 0 Å². The van der Waals surface area contributed by atoms with Gasteiger partial charge in [-0.1, -0.05) is 42.5 Å². The molecule has 2 aromatic rings. The minimum absolute atomic E-state index is 0.0713. The smallest absolute Gasteiger partial charge is 0.261 e. The van der Waals surface area contributed by atoms with Crippen molar-refractivity contribution in [3.05, 3.63) is 71.3 Å². The molecule has 1 heterocycles. The van der Waals surface area contributed by atoms with Gasteiger partial charge < -0.3 is 10.2 Å². The maximum absolute atomic E-state index is 12.5. The topological polar surface area (TPSA) is 70.9 Å². The molecule has 28 heavy (non-hydrogen) atoms. The number of benzene rings is 2. The molecule has 6 heteroatoms. The van der Waals surface area contributed by atoms with E-state index >= 15 is 0 Å². The van der Waals surface area contributed by atoms with Gasteiger partial charge in [0.15, 0.2) is 0 Å². The van der Waals surface area contributed by atoms with Crippen molar-refractivity contribution in [3.63, 3.8) is 0 Å². The molecule has 1 aliphatic rings. The van der Waals surface area contributed by atoms with Crippen molar-refractivity contribution in [2.75, 3.05) is 27.2 Å². The van der Waals surface area contributed by atoms with E-state index in [4.69, 9.17) is 0 Å². The number of fused-ring (bicyclic) bond motifs is 1. The van der Waals surface area contributed by atoms with Crippen LogP contribution >= 0.6 is 0 Å². The van der Waals surface area contributed by atoms with Crippen molar-refractivity contribution < 1.29 is 19.3 Å². The van der Waals surface area contributed by atoms with Crippen molar-refractivity contribution >= 4 is 17.7 Å². The van der Waals surface area contributed by atoms with Crippen LogP contribution in [0.25, 0.3) is 0 Å². The van der Waals surface area contributed by atoms with Crippen LogP contribution in [-0.4, -0.2) is 49.8 Å². The monoisotopic (exact) mass is 380 g/mol. The minimum atomic E-state index is -0.278. The van der Waals surface area contributed by atoms with Gasteiger partial charge in [0.05, 0.1) is 25.2 Å². The van der Waals surface area contributed by atoms with E-state index in [1.54, 1.807) is 24.3 Å². The van der Waals surface area contributed by atoms with E-state index in [1.807, 2.05) is 44.4 Å². The number of likely N-dealkylation sites (N-methyl/N-ethyl adjacent to an activating group) is 1. The first-order valence-corrected chi connectivity index (χ1v) is 9.56. The molecule has 3 amide bonds. The molecular weight excluding hydrogens is 354 g/mol. The molecule has 0 aromatic heterocycles. The predicted molar refractivity (Wildman–Crippen MR) is 106 cm³/mol. The molecule has 0 saturated carbocycles. The summed E-state index contributed by atoms with van der Waals surface area (Å²) in [7, 11) is 4.09. The van der Waals surface area contributed by atoms with Gasteiger partial charge in [0.1, 0.15) is 12.6 Å². The molecule has 3 rings (SSSR count). The highest BCUT2D eigenvalue weighted by Crippen LogP contribution is 2.22. The fourth-order valence-corrected chi connectivity index (χ4v) is 3.45. The average Bonchev–Trinajstić information content (AvgIpc) is 2.93. The number of carbonyl (C=O) groups excluding carboxylic acids is 3. The highest BCUT2D eigenvalue weighted by molar-refractivity contribution is 6.21. The Labute approximate surface area is 165 Å². The van der Waals surface area contributed by atoms with Crippen LogP contribution < -0.4 is 10.2 Å². The van der Waals surface area contributed by atoms with Crippen molar-refractivity contribution in [1.29, 1.82) is 0 Å². The average molecular weight is 380 g/mol. The quantitative estimate of drug-likeness (QED) is 0.673. The van der Waals surface area contributed by atoms with E-state index in [-0.39, 0.29) is 36.7 Å². The summed E-state index contributed by atoms with van der Waals surface area (Å²) < 4.78 is 0. The highest BCUT2D eigenvalue weighted by Gasteiger charge is 2.34. The summed E-state index contributed by atoms with van der Waals surface area (Å²) in [6, 6.07) is 16.6. The molecule has 0 unspecified atom stereocenters. The van der Waals surface area contributed by atoms with Crippen LogP contribution in [0.15, 0.2) is 54.6 Å². The number of rotatable bonds is 8. The lowest BCUT2D eigenvalue weighted by Gasteiger charge is -2.21. The first-order chi connectivity index (χ1) is 13.5. The molecule has 6 nitrogen and oxygen atoms in total. The minimum Gasteiger partial charge on any atom is -0.344 e. The van der Waals surface area contributed by atoms with Crippen molar-refractivity contribution in [3.8, 4) is 0 Å². The Balaban J connectivity index is 1.54. The third kappa shape index (κ3) is 4.46. The summed E-state index contributed by atoms with van der Waals surface area (Å²) >= 11 is 0. The van der Waals surface area contributed by atoms with Gasteiger partial charge in [-0.2, -0.15) is 0 Å². The second kappa shape index (κ2) is 8.80. The molecule has 0 radical (unpaired) electrons. The maximum atomic E-state index is 12.5. The number of nitrogens with zero attached hydrogens (tertiary/aromatic N) is 1. The van der Waals surface area contributed by atoms with Gasteiger partial charge in [0.2, 0.25) is 5.91 Å². The van der Waals surface area contributed by atoms with Gasteiger partial charge in [-0.25, -0.2) is 0 Å². The number of hydrogen-bond acceptors (Lipinski definition) is 3. The third-order valence-corrected chi connectivity index (χ3v) is 4.81. The van der Waals surface area contributed by atoms with E-state index in [2.05, 4.69) is 5.32 Å². The molecular formula is C22H26N3O3+. The van der Waals surface area contributed by atoms with Gasteiger partial charge in [-0.05, 0) is 24.1 Å². The summed E-state index contributed by atoms with van der Waals surface area (Å²) in [6.07, 6.45) is 0.702. The van der Waals surface area contributed by atoms with Gasteiger partial charge in [-0.15, -0.1) is 0 Å². The highest BCUT2D eigenvalue weighted by atomic mass is 16.2. The second-order valence-electron chi connectivity index (χ2n) is 7.35. The van der Waals surface area contributed by atoms with Crippen LogP contribution in [0.5, 0.6) is 0 Å². The van der Waals surface area contributed by atoms with Crippen LogP contribution in [0.4, 0.5) is 0 Å². The zero-order valence-corrected chi connectivity index (χ0v) is 16.3. The molecule has 2 aromatic carbocycles. The lowest BCUT2D eigenvalue weighted by Crippen LogP contribution is -3.06. The third-order valence-electron chi connectivity index (χ3n) is 4.81. The van der Waals surface area contributed by atoms with E-state index < -0.39 is 0 Å². The Bertz CT molecular complexity index is 829. The maximum Gasteiger partial charge on any atom is 0.261 e. The molecule has 0 aliphatic carbocycles. The molecule has 0 fully saturated rings. The van der Waals surface area contributed by atoms with Crippen LogP contribution in [0, 0.1) is 0 Å². The lowest BCUT2D eigenvalue weighted by molar-refractivity contribution is -0.860. The predicted octanol–water partition coefficient (Wildman–Crippen LogP) is 1.06. The fraction of sp³-hybridized carbons (Fsp3) is 0.318. The Kier molecular flexibility index (Phi) is 6.21. The Morgan fingerprint density at radius 3 is 2.11 bits per heavy atom. The number of imide groups is 1. The summed E-state index contributed by atoms with van der Waals surface area (Å²) in [4.78, 5) is 39.7. The number of nitrogens with one attached hydrogen (secondary N) is 2. The zero-order valence-electron chi connectivity index (χ0n) is 16.3. The number of quaternary nitrogens is 1. The normalized spacial score (nSPS) is 14.3. The molecule has 146 valence electrons. The van der Waals surface area contributed by atoms with E-state index in [0.29, 0.717) is 17.5 Å². The first kappa shape index (κ1) is 19.8. The summed E-state index contributed by atoms with van der Waals surface area (Å²) in [5.74, 6) is -0.634. The molecule has 0 saturated heterocycles. The number of carbonyl (C=O) groups is 3. The lowest BCUT2D eigenvalue weighted by atomic mass is 10.1. The standard InChI is InChI=1S/C22H25N3O3/c1-24(2)15-19(16-9-4-3-5-10-16)23-20(26)13-8-14-25-21(27)17-11-6-7-12-18(17)22(25)28/h3-7,9-12,19H,8,13-15H2,1-2H3,(H,23,26)/p+1/t19-/m1/s1. The van der Waals surface area contributed by atoms with E-state index in [9.17, 15) is 14.4 Å². The fourth-order valence-electron chi connectivity index (χ4n) is 3.45.